The second-order valence-electron chi connectivity index (χ2n) is 6.68. The van der Waals surface area contributed by atoms with Crippen LogP contribution in [0.2, 0.25) is 0 Å². The zero-order valence-corrected chi connectivity index (χ0v) is 15.1. The van der Waals surface area contributed by atoms with Crippen LogP contribution in [0.3, 0.4) is 0 Å². The first-order valence-electron chi connectivity index (χ1n) is 8.53. The summed E-state index contributed by atoms with van der Waals surface area (Å²) < 4.78 is 25.3. The largest absolute Gasteiger partial charge is 0.303 e. The fourth-order valence-electron chi connectivity index (χ4n) is 4.28. The van der Waals surface area contributed by atoms with E-state index in [1.807, 2.05) is 6.92 Å². The smallest absolute Gasteiger partial charge is 0.241 e. The summed E-state index contributed by atoms with van der Waals surface area (Å²) in [5.41, 5.74) is 0. The average molecular weight is 358 g/mol. The minimum atomic E-state index is -3.60. The molecule has 0 aromatic carbocycles. The number of rotatable bonds is 9. The third-order valence-corrected chi connectivity index (χ3v) is 6.29. The number of aldehydes is 2. The SMILES string of the molecule is CCC[C@H]1C(=O)N(S(C)(=O)=O)[C@H]2CCN(C(CC=O)CCC=O)[C@H]12. The highest BCUT2D eigenvalue weighted by Gasteiger charge is 2.56. The predicted molar refractivity (Wildman–Crippen MR) is 88.8 cm³/mol. The van der Waals surface area contributed by atoms with Crippen molar-refractivity contribution in [1.82, 2.24) is 9.21 Å². The summed E-state index contributed by atoms with van der Waals surface area (Å²) in [6.07, 6.45) is 5.95. The van der Waals surface area contributed by atoms with Gasteiger partial charge < -0.3 is 9.59 Å². The Labute approximate surface area is 143 Å². The maximum absolute atomic E-state index is 12.7. The summed E-state index contributed by atoms with van der Waals surface area (Å²) in [4.78, 5) is 36.5. The van der Waals surface area contributed by atoms with Crippen LogP contribution in [-0.2, 0) is 24.4 Å². The van der Waals surface area contributed by atoms with Gasteiger partial charge in [0.2, 0.25) is 15.9 Å². The third-order valence-electron chi connectivity index (χ3n) is 5.12. The lowest BCUT2D eigenvalue weighted by Crippen LogP contribution is -2.45. The van der Waals surface area contributed by atoms with Crippen molar-refractivity contribution < 1.29 is 22.8 Å². The molecule has 2 aliphatic rings. The van der Waals surface area contributed by atoms with E-state index in [-0.39, 0.29) is 30.0 Å². The van der Waals surface area contributed by atoms with Gasteiger partial charge in [0, 0.05) is 31.5 Å². The van der Waals surface area contributed by atoms with Gasteiger partial charge >= 0.3 is 0 Å². The normalized spacial score (nSPS) is 28.8. The highest BCUT2D eigenvalue weighted by molar-refractivity contribution is 7.88. The Morgan fingerprint density at radius 2 is 2.00 bits per heavy atom. The van der Waals surface area contributed by atoms with Crippen LogP contribution < -0.4 is 0 Å². The van der Waals surface area contributed by atoms with Crippen LogP contribution in [0, 0.1) is 5.92 Å². The number of amides is 1. The molecule has 1 unspecified atom stereocenters. The van der Waals surface area contributed by atoms with Gasteiger partial charge in [0.1, 0.15) is 12.6 Å². The van der Waals surface area contributed by atoms with Gasteiger partial charge in [0.15, 0.2) is 0 Å². The summed E-state index contributed by atoms with van der Waals surface area (Å²) in [6, 6.07) is -0.660. The van der Waals surface area contributed by atoms with Gasteiger partial charge in [-0.05, 0) is 19.3 Å². The van der Waals surface area contributed by atoms with Crippen LogP contribution in [0.15, 0.2) is 0 Å². The van der Waals surface area contributed by atoms with Crippen molar-refractivity contribution in [3.05, 3.63) is 0 Å². The molecule has 2 aliphatic heterocycles. The van der Waals surface area contributed by atoms with Crippen LogP contribution in [0.4, 0.5) is 0 Å². The first-order valence-corrected chi connectivity index (χ1v) is 10.4. The Morgan fingerprint density at radius 3 is 2.54 bits per heavy atom. The van der Waals surface area contributed by atoms with Gasteiger partial charge in [0.05, 0.1) is 18.2 Å². The highest BCUT2D eigenvalue weighted by atomic mass is 32.2. The van der Waals surface area contributed by atoms with E-state index < -0.39 is 10.0 Å². The number of carbonyl (C=O) groups is 3. The zero-order valence-electron chi connectivity index (χ0n) is 14.3. The lowest BCUT2D eigenvalue weighted by molar-refractivity contribution is -0.128. The molecule has 0 aromatic heterocycles. The third kappa shape index (κ3) is 3.54. The molecule has 136 valence electrons. The summed E-state index contributed by atoms with van der Waals surface area (Å²) in [5, 5.41) is 0. The van der Waals surface area contributed by atoms with E-state index in [0.29, 0.717) is 38.6 Å². The lowest BCUT2D eigenvalue weighted by Gasteiger charge is -2.33. The fourth-order valence-corrected chi connectivity index (χ4v) is 5.47. The van der Waals surface area contributed by atoms with Crippen LogP contribution in [0.25, 0.3) is 0 Å². The van der Waals surface area contributed by atoms with Crippen molar-refractivity contribution in [3.8, 4) is 0 Å². The second-order valence-corrected chi connectivity index (χ2v) is 8.54. The summed E-state index contributed by atoms with van der Waals surface area (Å²) >= 11 is 0. The Kier molecular flexibility index (Phi) is 6.14. The molecule has 2 heterocycles. The van der Waals surface area contributed by atoms with E-state index in [0.717, 1.165) is 29.6 Å². The molecule has 4 atom stereocenters. The van der Waals surface area contributed by atoms with Crippen molar-refractivity contribution >= 4 is 28.5 Å². The molecule has 0 saturated carbocycles. The van der Waals surface area contributed by atoms with E-state index in [9.17, 15) is 22.8 Å². The van der Waals surface area contributed by atoms with Crippen molar-refractivity contribution in [2.24, 2.45) is 5.92 Å². The molecule has 7 nitrogen and oxygen atoms in total. The molecule has 2 saturated heterocycles. The molecule has 0 N–H and O–H groups in total. The maximum Gasteiger partial charge on any atom is 0.241 e. The molecule has 2 fully saturated rings. The molecular weight excluding hydrogens is 332 g/mol. The second kappa shape index (κ2) is 7.74. The molecule has 0 spiro atoms. The minimum Gasteiger partial charge on any atom is -0.303 e. The number of hydrogen-bond acceptors (Lipinski definition) is 6. The quantitative estimate of drug-likeness (QED) is 0.560. The summed E-state index contributed by atoms with van der Waals surface area (Å²) in [6.45, 7) is 2.62. The topological polar surface area (TPSA) is 91.8 Å². The number of sulfonamides is 1. The summed E-state index contributed by atoms with van der Waals surface area (Å²) in [7, 11) is -3.60. The molecule has 24 heavy (non-hydrogen) atoms. The van der Waals surface area contributed by atoms with E-state index in [1.165, 1.54) is 0 Å². The Bertz CT molecular complexity index is 591. The molecule has 8 heteroatoms. The van der Waals surface area contributed by atoms with Crippen LogP contribution in [-0.4, -0.2) is 67.0 Å². The molecular formula is C16H26N2O5S. The van der Waals surface area contributed by atoms with Gasteiger partial charge in [-0.25, -0.2) is 12.7 Å². The van der Waals surface area contributed by atoms with Crippen LogP contribution in [0.5, 0.6) is 0 Å². The Hall–Kier alpha value is -1.28. The van der Waals surface area contributed by atoms with E-state index in [2.05, 4.69) is 4.90 Å². The van der Waals surface area contributed by atoms with Crippen molar-refractivity contribution in [2.45, 2.75) is 63.6 Å². The zero-order chi connectivity index (χ0) is 17.9. The fraction of sp³-hybridized carbons (Fsp3) is 0.812. The van der Waals surface area contributed by atoms with Crippen molar-refractivity contribution in [2.75, 3.05) is 12.8 Å². The first-order chi connectivity index (χ1) is 11.4. The minimum absolute atomic E-state index is 0.116. The summed E-state index contributed by atoms with van der Waals surface area (Å²) in [5.74, 6) is -0.679. The Morgan fingerprint density at radius 1 is 1.29 bits per heavy atom. The van der Waals surface area contributed by atoms with E-state index in [1.54, 1.807) is 0 Å². The molecule has 0 radical (unpaired) electrons. The number of nitrogens with zero attached hydrogens (tertiary/aromatic N) is 2. The molecule has 0 aromatic rings. The van der Waals surface area contributed by atoms with Crippen LogP contribution in [0.1, 0.15) is 45.4 Å². The number of carbonyl (C=O) groups excluding carboxylic acids is 3. The molecule has 0 aliphatic carbocycles. The molecule has 0 bridgehead atoms. The Balaban J connectivity index is 2.32. The average Bonchev–Trinajstić information content (AvgIpc) is 3.02. The standard InChI is InChI=1S/C16H26N2O5S/c1-3-5-13-15-14(18(16(13)21)24(2,22)23)7-9-17(15)12(8-11-20)6-4-10-19/h10-15H,3-9H2,1-2H3/t12?,13-,14+,15-/m1/s1. The molecule has 2 rings (SSSR count). The van der Waals surface area contributed by atoms with Gasteiger partial charge in [-0.3, -0.25) is 9.69 Å². The lowest BCUT2D eigenvalue weighted by atomic mass is 9.92. The number of fused-ring (bicyclic) bond motifs is 1. The van der Waals surface area contributed by atoms with Gasteiger partial charge in [-0.15, -0.1) is 0 Å². The van der Waals surface area contributed by atoms with Gasteiger partial charge in [0.25, 0.3) is 0 Å². The van der Waals surface area contributed by atoms with E-state index >= 15 is 0 Å². The monoisotopic (exact) mass is 358 g/mol. The predicted octanol–water partition coefficient (Wildman–Crippen LogP) is 0.584. The first kappa shape index (κ1) is 19.1. The van der Waals surface area contributed by atoms with Crippen molar-refractivity contribution in [1.29, 1.82) is 0 Å². The number of likely N-dealkylation sites (tertiary alicyclic amines) is 1. The van der Waals surface area contributed by atoms with Crippen molar-refractivity contribution in [3.63, 3.8) is 0 Å². The van der Waals surface area contributed by atoms with Crippen LogP contribution >= 0.6 is 0 Å². The van der Waals surface area contributed by atoms with Gasteiger partial charge in [-0.2, -0.15) is 0 Å². The number of hydrogen-bond donors (Lipinski definition) is 0. The highest BCUT2D eigenvalue weighted by Crippen LogP contribution is 2.41. The van der Waals surface area contributed by atoms with E-state index in [4.69, 9.17) is 0 Å². The maximum atomic E-state index is 12.7. The van der Waals surface area contributed by atoms with Gasteiger partial charge in [-0.1, -0.05) is 13.3 Å². The molecule has 1 amide bonds.